The number of phenolic OH excluding ortho intramolecular Hbond substituents is 1. The molecule has 7 nitrogen and oxygen atoms in total. The number of furan rings is 1. The highest BCUT2D eigenvalue weighted by Gasteiger charge is 2.14. The number of nitrogens with zero attached hydrogens (tertiary/aromatic N) is 1. The molecule has 0 aliphatic heterocycles. The molecule has 0 radical (unpaired) electrons. The maximum Gasteiger partial charge on any atom is 0.339 e. The lowest BCUT2D eigenvalue weighted by atomic mass is 10.1. The predicted octanol–water partition coefficient (Wildman–Crippen LogP) is 3.86. The molecule has 0 bridgehead atoms. The molecule has 0 spiro atoms. The van der Waals surface area contributed by atoms with Crippen LogP contribution in [0.5, 0.6) is 5.75 Å². The summed E-state index contributed by atoms with van der Waals surface area (Å²) in [6, 6.07) is 14.3. The third kappa shape index (κ3) is 4.21. The lowest BCUT2D eigenvalue weighted by molar-refractivity contribution is 0.0601. The van der Waals surface area contributed by atoms with Gasteiger partial charge in [-0.25, -0.2) is 10.2 Å². The van der Waals surface area contributed by atoms with Gasteiger partial charge in [0.15, 0.2) is 0 Å². The average Bonchev–Trinajstić information content (AvgIpc) is 3.17. The molecule has 3 aromatic rings. The zero-order valence-corrected chi connectivity index (χ0v) is 15.4. The monoisotopic (exact) mass is 398 g/mol. The number of hydrogen-bond donors (Lipinski definition) is 2. The van der Waals surface area contributed by atoms with Crippen LogP contribution in [-0.2, 0) is 4.74 Å². The molecule has 2 N–H and O–H groups in total. The van der Waals surface area contributed by atoms with Gasteiger partial charge in [-0.05, 0) is 42.5 Å². The highest BCUT2D eigenvalue weighted by molar-refractivity contribution is 6.33. The van der Waals surface area contributed by atoms with Gasteiger partial charge in [0.05, 0.1) is 29.5 Å². The minimum atomic E-state index is -0.554. The molecule has 1 aromatic heterocycles. The van der Waals surface area contributed by atoms with E-state index in [4.69, 9.17) is 20.8 Å². The fraction of sp³-hybridized carbons (Fsp3) is 0.0500. The molecule has 0 atom stereocenters. The van der Waals surface area contributed by atoms with Crippen molar-refractivity contribution in [2.24, 2.45) is 5.10 Å². The first-order chi connectivity index (χ1) is 13.5. The summed E-state index contributed by atoms with van der Waals surface area (Å²) in [5.74, 6) is -0.384. The van der Waals surface area contributed by atoms with Crippen LogP contribution < -0.4 is 5.43 Å². The Balaban J connectivity index is 1.72. The molecular weight excluding hydrogens is 384 g/mol. The quantitative estimate of drug-likeness (QED) is 0.386. The second kappa shape index (κ2) is 8.41. The lowest BCUT2D eigenvalue weighted by Gasteiger charge is -2.04. The van der Waals surface area contributed by atoms with E-state index in [0.29, 0.717) is 17.1 Å². The second-order valence-electron chi connectivity index (χ2n) is 5.60. The number of esters is 1. The number of amides is 1. The fourth-order valence-corrected chi connectivity index (χ4v) is 2.60. The summed E-state index contributed by atoms with van der Waals surface area (Å²) in [7, 11) is 1.27. The van der Waals surface area contributed by atoms with Crippen LogP contribution in [0.4, 0.5) is 0 Å². The minimum Gasteiger partial charge on any atom is -0.507 e. The van der Waals surface area contributed by atoms with Crippen molar-refractivity contribution >= 4 is 29.7 Å². The Bertz CT molecular complexity index is 1060. The maximum atomic E-state index is 12.0. The first kappa shape index (κ1) is 19.2. The molecule has 142 valence electrons. The van der Waals surface area contributed by atoms with Crippen LogP contribution >= 0.6 is 11.6 Å². The molecule has 0 fully saturated rings. The molecule has 0 aliphatic carbocycles. The smallest absolute Gasteiger partial charge is 0.339 e. The highest BCUT2D eigenvalue weighted by atomic mass is 35.5. The molecule has 3 rings (SSSR count). The summed E-state index contributed by atoms with van der Waals surface area (Å²) in [5, 5.41) is 13.7. The number of halogens is 1. The van der Waals surface area contributed by atoms with Crippen molar-refractivity contribution < 1.29 is 23.8 Å². The number of carbonyl (C=O) groups is 2. The standard InChI is InChI=1S/C20H15ClN2O5/c1-27-20(26)15-10-12(6-8-16(15)21)18-9-7-13(28-18)11-22-23-19(25)14-4-2-3-5-17(14)24/h2-11,24H,1H3,(H,23,25)/b22-11+. The summed E-state index contributed by atoms with van der Waals surface area (Å²) in [5.41, 5.74) is 3.27. The van der Waals surface area contributed by atoms with Crippen LogP contribution in [0.15, 0.2) is 64.1 Å². The van der Waals surface area contributed by atoms with Crippen molar-refractivity contribution in [2.75, 3.05) is 7.11 Å². The number of rotatable bonds is 5. The van der Waals surface area contributed by atoms with Gasteiger partial charge in [0.25, 0.3) is 5.91 Å². The van der Waals surface area contributed by atoms with Crippen molar-refractivity contribution in [1.29, 1.82) is 0 Å². The minimum absolute atomic E-state index is 0.108. The van der Waals surface area contributed by atoms with E-state index in [2.05, 4.69) is 10.5 Å². The maximum absolute atomic E-state index is 12.0. The lowest BCUT2D eigenvalue weighted by Crippen LogP contribution is -2.17. The van der Waals surface area contributed by atoms with E-state index in [1.165, 1.54) is 25.5 Å². The van der Waals surface area contributed by atoms with Crippen molar-refractivity contribution in [1.82, 2.24) is 5.43 Å². The zero-order chi connectivity index (χ0) is 20.1. The van der Waals surface area contributed by atoms with Crippen LogP contribution in [0, 0.1) is 0 Å². The number of para-hydroxylation sites is 1. The number of carbonyl (C=O) groups excluding carboxylic acids is 2. The van der Waals surface area contributed by atoms with E-state index in [1.807, 2.05) is 0 Å². The molecule has 2 aromatic carbocycles. The summed E-state index contributed by atoms with van der Waals surface area (Å²) in [6.07, 6.45) is 1.32. The zero-order valence-electron chi connectivity index (χ0n) is 14.7. The van der Waals surface area contributed by atoms with Gasteiger partial charge in [0, 0.05) is 5.56 Å². The molecule has 1 amide bonds. The van der Waals surface area contributed by atoms with Gasteiger partial charge in [-0.3, -0.25) is 4.79 Å². The van der Waals surface area contributed by atoms with Crippen molar-refractivity contribution in [2.45, 2.75) is 0 Å². The Morgan fingerprint density at radius 2 is 1.93 bits per heavy atom. The van der Waals surface area contributed by atoms with Gasteiger partial charge < -0.3 is 14.3 Å². The van der Waals surface area contributed by atoms with Crippen molar-refractivity contribution in [3.63, 3.8) is 0 Å². The number of benzene rings is 2. The number of hydrogen-bond acceptors (Lipinski definition) is 6. The third-order valence-electron chi connectivity index (χ3n) is 3.79. The Hall–Kier alpha value is -3.58. The highest BCUT2D eigenvalue weighted by Crippen LogP contribution is 2.27. The van der Waals surface area contributed by atoms with E-state index in [0.717, 1.165) is 0 Å². The Morgan fingerprint density at radius 1 is 1.14 bits per heavy atom. The molecule has 28 heavy (non-hydrogen) atoms. The molecule has 0 saturated carbocycles. The van der Waals surface area contributed by atoms with E-state index in [1.54, 1.807) is 42.5 Å². The number of aromatic hydroxyl groups is 1. The number of ether oxygens (including phenoxy) is 1. The fourth-order valence-electron chi connectivity index (χ4n) is 2.40. The Morgan fingerprint density at radius 3 is 2.68 bits per heavy atom. The topological polar surface area (TPSA) is 101 Å². The molecule has 0 unspecified atom stereocenters. The second-order valence-corrected chi connectivity index (χ2v) is 6.01. The van der Waals surface area contributed by atoms with Gasteiger partial charge >= 0.3 is 5.97 Å². The summed E-state index contributed by atoms with van der Waals surface area (Å²) in [6.45, 7) is 0. The normalized spacial score (nSPS) is 10.8. The van der Waals surface area contributed by atoms with E-state index >= 15 is 0 Å². The summed E-state index contributed by atoms with van der Waals surface area (Å²) in [4.78, 5) is 23.7. The number of hydrazone groups is 1. The largest absolute Gasteiger partial charge is 0.507 e. The Kier molecular flexibility index (Phi) is 5.76. The first-order valence-electron chi connectivity index (χ1n) is 8.09. The van der Waals surface area contributed by atoms with Crippen LogP contribution in [0.1, 0.15) is 26.5 Å². The summed E-state index contributed by atoms with van der Waals surface area (Å²) < 4.78 is 10.3. The van der Waals surface area contributed by atoms with Crippen molar-refractivity contribution in [3.05, 3.63) is 76.5 Å². The molecule has 0 saturated heterocycles. The van der Waals surface area contributed by atoms with Gasteiger partial charge in [0.2, 0.25) is 0 Å². The average molecular weight is 399 g/mol. The molecule has 1 heterocycles. The van der Waals surface area contributed by atoms with Gasteiger partial charge in [-0.15, -0.1) is 0 Å². The van der Waals surface area contributed by atoms with Gasteiger partial charge in [-0.2, -0.15) is 5.10 Å². The number of nitrogens with one attached hydrogen (secondary N) is 1. The van der Waals surface area contributed by atoms with E-state index in [9.17, 15) is 14.7 Å². The van der Waals surface area contributed by atoms with Crippen LogP contribution in [0.25, 0.3) is 11.3 Å². The van der Waals surface area contributed by atoms with Gasteiger partial charge in [-0.1, -0.05) is 23.7 Å². The number of phenols is 1. The molecule has 0 aliphatic rings. The van der Waals surface area contributed by atoms with Gasteiger partial charge in [0.1, 0.15) is 17.3 Å². The van der Waals surface area contributed by atoms with Crippen LogP contribution in [0.3, 0.4) is 0 Å². The van der Waals surface area contributed by atoms with Crippen LogP contribution in [-0.4, -0.2) is 30.3 Å². The first-order valence-corrected chi connectivity index (χ1v) is 8.47. The van der Waals surface area contributed by atoms with E-state index in [-0.39, 0.29) is 21.9 Å². The summed E-state index contributed by atoms with van der Waals surface area (Å²) >= 11 is 6.01. The Labute approximate surface area is 165 Å². The predicted molar refractivity (Wildman–Crippen MR) is 104 cm³/mol. The van der Waals surface area contributed by atoms with E-state index < -0.39 is 11.9 Å². The third-order valence-corrected chi connectivity index (χ3v) is 4.12. The molecule has 8 heteroatoms. The molecular formula is C20H15ClN2O5. The van der Waals surface area contributed by atoms with Crippen LogP contribution in [0.2, 0.25) is 5.02 Å². The van der Waals surface area contributed by atoms with Crippen molar-refractivity contribution in [3.8, 4) is 17.1 Å². The SMILES string of the molecule is COC(=O)c1cc(-c2ccc(/C=N/NC(=O)c3ccccc3O)o2)ccc1Cl. The number of methoxy groups -OCH3 is 1.